The Hall–Kier alpha value is -0.650. The smallest absolute Gasteiger partial charge is 0.0530 e. The molecule has 0 aliphatic heterocycles. The number of rotatable bonds is 4. The highest BCUT2D eigenvalue weighted by atomic mass is 79.9. The summed E-state index contributed by atoms with van der Waals surface area (Å²) in [6.45, 7) is 0. The lowest BCUT2D eigenvalue weighted by Crippen LogP contribution is -2.30. The molecule has 0 aliphatic rings. The maximum Gasteiger partial charge on any atom is 0.0530 e. The molecule has 1 unspecified atom stereocenters. The second-order valence-electron chi connectivity index (χ2n) is 4.07. The lowest BCUT2D eigenvalue weighted by Gasteiger charge is -2.19. The number of nitrogens with one attached hydrogen (secondary N) is 1. The van der Waals surface area contributed by atoms with E-state index in [1.807, 2.05) is 12.1 Å². The highest BCUT2D eigenvalue weighted by Gasteiger charge is 2.17. The van der Waals surface area contributed by atoms with Gasteiger partial charge in [0.1, 0.15) is 0 Å². The molecule has 100 valence electrons. The van der Waals surface area contributed by atoms with Gasteiger partial charge in [0.05, 0.1) is 6.04 Å². The van der Waals surface area contributed by atoms with Gasteiger partial charge >= 0.3 is 0 Å². The van der Waals surface area contributed by atoms with Crippen molar-refractivity contribution in [3.63, 3.8) is 0 Å². The van der Waals surface area contributed by atoms with E-state index in [0.717, 1.165) is 15.6 Å². The third-order valence-corrected chi connectivity index (χ3v) is 3.84. The zero-order valence-corrected chi connectivity index (χ0v) is 13.0. The van der Waals surface area contributed by atoms with Crippen molar-refractivity contribution < 1.29 is 0 Å². The van der Waals surface area contributed by atoms with E-state index in [9.17, 15) is 0 Å². The highest BCUT2D eigenvalue weighted by molar-refractivity contribution is 9.10. The van der Waals surface area contributed by atoms with Gasteiger partial charge in [-0.3, -0.25) is 16.3 Å². The van der Waals surface area contributed by atoms with E-state index >= 15 is 0 Å². The van der Waals surface area contributed by atoms with Crippen molar-refractivity contribution in [3.8, 4) is 0 Å². The molecule has 0 radical (unpaired) electrons. The van der Waals surface area contributed by atoms with Crippen molar-refractivity contribution in [3.05, 3.63) is 62.3 Å². The third-order valence-electron chi connectivity index (χ3n) is 2.75. The van der Waals surface area contributed by atoms with Gasteiger partial charge in [-0.2, -0.15) is 0 Å². The predicted octanol–water partition coefficient (Wildman–Crippen LogP) is 3.90. The van der Waals surface area contributed by atoms with Gasteiger partial charge < -0.3 is 0 Å². The van der Waals surface area contributed by atoms with Gasteiger partial charge in [-0.1, -0.05) is 29.3 Å². The first kappa shape index (κ1) is 14.8. The van der Waals surface area contributed by atoms with E-state index in [1.54, 1.807) is 24.5 Å². The van der Waals surface area contributed by atoms with E-state index in [-0.39, 0.29) is 6.04 Å². The average Bonchev–Trinajstić information content (AvgIpc) is 2.37. The minimum atomic E-state index is -0.169. The van der Waals surface area contributed by atoms with Crippen LogP contribution in [0.2, 0.25) is 10.0 Å². The summed E-state index contributed by atoms with van der Waals surface area (Å²) in [5.74, 6) is 5.63. The van der Waals surface area contributed by atoms with Crippen LogP contribution in [0.4, 0.5) is 0 Å². The van der Waals surface area contributed by atoms with Gasteiger partial charge in [0.2, 0.25) is 0 Å². The lowest BCUT2D eigenvalue weighted by atomic mass is 10.0. The fourth-order valence-electron chi connectivity index (χ4n) is 1.89. The molecule has 6 heteroatoms. The molecule has 3 N–H and O–H groups in total. The Balaban J connectivity index is 2.30. The van der Waals surface area contributed by atoms with E-state index in [4.69, 9.17) is 29.0 Å². The Kier molecular flexibility index (Phi) is 5.19. The quantitative estimate of drug-likeness (QED) is 0.642. The van der Waals surface area contributed by atoms with Crippen molar-refractivity contribution in [2.75, 3.05) is 0 Å². The Bertz CT molecular complexity index is 557. The topological polar surface area (TPSA) is 50.9 Å². The normalized spacial score (nSPS) is 12.4. The van der Waals surface area contributed by atoms with E-state index < -0.39 is 0 Å². The van der Waals surface area contributed by atoms with Crippen molar-refractivity contribution in [1.82, 2.24) is 10.4 Å². The number of hydrogen-bond acceptors (Lipinski definition) is 3. The van der Waals surface area contributed by atoms with Crippen LogP contribution in [0, 0.1) is 0 Å². The molecule has 19 heavy (non-hydrogen) atoms. The van der Waals surface area contributed by atoms with Crippen LogP contribution >= 0.6 is 39.1 Å². The van der Waals surface area contributed by atoms with Crippen molar-refractivity contribution in [2.24, 2.45) is 5.84 Å². The van der Waals surface area contributed by atoms with Gasteiger partial charge in [0.15, 0.2) is 0 Å². The number of benzene rings is 1. The number of aromatic nitrogens is 1. The SMILES string of the molecule is NNC(Cc1cncc(Br)c1)c1c(Cl)cccc1Cl. The zero-order chi connectivity index (χ0) is 13.8. The number of nitrogens with zero attached hydrogens (tertiary/aromatic N) is 1. The molecule has 1 atom stereocenters. The Morgan fingerprint density at radius 2 is 1.95 bits per heavy atom. The van der Waals surface area contributed by atoms with Crippen LogP contribution in [0.25, 0.3) is 0 Å². The summed E-state index contributed by atoms with van der Waals surface area (Å²) in [7, 11) is 0. The van der Waals surface area contributed by atoms with Crippen LogP contribution in [0.15, 0.2) is 41.1 Å². The second-order valence-corrected chi connectivity index (χ2v) is 5.80. The molecule has 0 saturated heterocycles. The number of halogens is 3. The summed E-state index contributed by atoms with van der Waals surface area (Å²) >= 11 is 15.8. The van der Waals surface area contributed by atoms with Gasteiger partial charge in [-0.05, 0) is 46.1 Å². The second kappa shape index (κ2) is 6.68. The summed E-state index contributed by atoms with van der Waals surface area (Å²) in [6.07, 6.45) is 4.17. The number of pyridine rings is 1. The molecule has 2 aromatic rings. The molecule has 3 nitrogen and oxygen atoms in total. The van der Waals surface area contributed by atoms with Crippen LogP contribution in [0.3, 0.4) is 0 Å². The molecule has 0 spiro atoms. The van der Waals surface area contributed by atoms with Crippen LogP contribution < -0.4 is 11.3 Å². The minimum Gasteiger partial charge on any atom is -0.271 e. The first-order chi connectivity index (χ1) is 9.11. The Morgan fingerprint density at radius 1 is 1.26 bits per heavy atom. The van der Waals surface area contributed by atoms with Crippen molar-refractivity contribution in [2.45, 2.75) is 12.5 Å². The maximum atomic E-state index is 6.20. The summed E-state index contributed by atoms with van der Waals surface area (Å²) < 4.78 is 0.922. The van der Waals surface area contributed by atoms with E-state index in [0.29, 0.717) is 16.5 Å². The molecular weight excluding hydrogens is 349 g/mol. The maximum absolute atomic E-state index is 6.20. The van der Waals surface area contributed by atoms with Crippen LogP contribution in [-0.2, 0) is 6.42 Å². The largest absolute Gasteiger partial charge is 0.271 e. The molecule has 0 bridgehead atoms. The standard InChI is InChI=1S/C13H12BrCl2N3/c14-9-4-8(6-18-7-9)5-12(19-17)13-10(15)2-1-3-11(13)16/h1-4,6-7,12,19H,5,17H2. The molecule has 1 aromatic heterocycles. The molecule has 1 aromatic carbocycles. The molecule has 0 aliphatic carbocycles. The molecule has 0 fully saturated rings. The summed E-state index contributed by atoms with van der Waals surface area (Å²) in [5.41, 5.74) is 4.59. The first-order valence-corrected chi connectivity index (χ1v) is 7.16. The minimum absolute atomic E-state index is 0.169. The number of hydrazine groups is 1. The molecule has 2 rings (SSSR count). The van der Waals surface area contributed by atoms with Crippen molar-refractivity contribution >= 4 is 39.1 Å². The van der Waals surface area contributed by atoms with Crippen molar-refractivity contribution in [1.29, 1.82) is 0 Å². The predicted molar refractivity (Wildman–Crippen MR) is 82.2 cm³/mol. The third kappa shape index (κ3) is 3.68. The first-order valence-electron chi connectivity index (χ1n) is 5.61. The van der Waals surface area contributed by atoms with Gasteiger partial charge in [-0.15, -0.1) is 0 Å². The Morgan fingerprint density at radius 3 is 2.53 bits per heavy atom. The zero-order valence-electron chi connectivity index (χ0n) is 9.91. The molecule has 0 amide bonds. The fraction of sp³-hybridized carbons (Fsp3) is 0.154. The lowest BCUT2D eigenvalue weighted by molar-refractivity contribution is 0.551. The summed E-state index contributed by atoms with van der Waals surface area (Å²) in [4.78, 5) is 4.13. The van der Waals surface area contributed by atoms with Gasteiger partial charge in [0.25, 0.3) is 0 Å². The van der Waals surface area contributed by atoms with Crippen LogP contribution in [0.5, 0.6) is 0 Å². The Labute approximate surface area is 130 Å². The molecular formula is C13H12BrCl2N3. The molecule has 0 saturated carbocycles. The monoisotopic (exact) mass is 359 g/mol. The number of hydrogen-bond donors (Lipinski definition) is 2. The van der Waals surface area contributed by atoms with Gasteiger partial charge in [-0.25, -0.2) is 0 Å². The fourth-order valence-corrected chi connectivity index (χ4v) is 2.96. The van der Waals surface area contributed by atoms with E-state index in [2.05, 4.69) is 26.3 Å². The van der Waals surface area contributed by atoms with E-state index in [1.165, 1.54) is 0 Å². The van der Waals surface area contributed by atoms with Crippen LogP contribution in [0.1, 0.15) is 17.2 Å². The van der Waals surface area contributed by atoms with Crippen LogP contribution in [-0.4, -0.2) is 4.98 Å². The highest BCUT2D eigenvalue weighted by Crippen LogP contribution is 2.31. The summed E-state index contributed by atoms with van der Waals surface area (Å²) in [6, 6.07) is 7.22. The molecule has 1 heterocycles. The van der Waals surface area contributed by atoms with Gasteiger partial charge in [0, 0.05) is 32.5 Å². The summed E-state index contributed by atoms with van der Waals surface area (Å²) in [5, 5.41) is 1.19. The average molecular weight is 361 g/mol. The number of nitrogens with two attached hydrogens (primary N) is 1.